The first-order chi connectivity index (χ1) is 15.8. The van der Waals surface area contributed by atoms with E-state index in [-0.39, 0.29) is 5.78 Å². The van der Waals surface area contributed by atoms with Crippen molar-refractivity contribution in [2.45, 2.75) is 26.1 Å². The number of Topliss-reactive ketones (excluding diaryl/α,β-unsaturated/α-hetero) is 1. The van der Waals surface area contributed by atoms with Crippen molar-refractivity contribution in [3.63, 3.8) is 0 Å². The molecule has 0 amide bonds. The van der Waals surface area contributed by atoms with Crippen LogP contribution in [0.2, 0.25) is 0 Å². The highest BCUT2D eigenvalue weighted by atomic mass is 16.5. The fourth-order valence-corrected chi connectivity index (χ4v) is 3.30. The zero-order valence-electron chi connectivity index (χ0n) is 17.8. The van der Waals surface area contributed by atoms with Crippen LogP contribution in [0.3, 0.4) is 0 Å². The van der Waals surface area contributed by atoms with Gasteiger partial charge in [-0.25, -0.2) is 4.98 Å². The summed E-state index contributed by atoms with van der Waals surface area (Å²) in [6.07, 6.45) is 2.65. The van der Waals surface area contributed by atoms with E-state index < -0.39 is 0 Å². The Labute approximate surface area is 188 Å². The van der Waals surface area contributed by atoms with E-state index in [0.29, 0.717) is 43.2 Å². The zero-order valence-corrected chi connectivity index (χ0v) is 17.8. The van der Waals surface area contributed by atoms with Crippen LogP contribution in [-0.4, -0.2) is 10.8 Å². The number of aryl methyl sites for hydroxylation is 1. The largest absolute Gasteiger partial charge is 0.485 e. The van der Waals surface area contributed by atoms with Crippen LogP contribution in [0.15, 0.2) is 103 Å². The fraction of sp³-hybridized carbons (Fsp3) is 0.143. The molecule has 1 aromatic heterocycles. The quantitative estimate of drug-likeness (QED) is 0.291. The SMILES string of the molecule is O=C(CCc1ccccc1)c1cc(OCc2ccccc2)c(OCc2ccccc2)cn1. The molecule has 0 aliphatic carbocycles. The molecule has 0 aliphatic rings. The van der Waals surface area contributed by atoms with E-state index in [0.717, 1.165) is 16.7 Å². The van der Waals surface area contributed by atoms with Crippen LogP contribution in [-0.2, 0) is 19.6 Å². The average molecular weight is 424 g/mol. The third-order valence-corrected chi connectivity index (χ3v) is 5.08. The minimum atomic E-state index is -0.0203. The summed E-state index contributed by atoms with van der Waals surface area (Å²) < 4.78 is 12.0. The number of nitrogens with zero attached hydrogens (tertiary/aromatic N) is 1. The van der Waals surface area contributed by atoms with Gasteiger partial charge in [0, 0.05) is 12.5 Å². The van der Waals surface area contributed by atoms with Gasteiger partial charge in [0.2, 0.25) is 0 Å². The third kappa shape index (κ3) is 6.05. The maximum absolute atomic E-state index is 12.8. The first-order valence-corrected chi connectivity index (χ1v) is 10.7. The van der Waals surface area contributed by atoms with Gasteiger partial charge in [0.25, 0.3) is 0 Å². The summed E-state index contributed by atoms with van der Waals surface area (Å²) in [6.45, 7) is 0.774. The second-order valence-electron chi connectivity index (χ2n) is 7.47. The molecule has 0 spiro atoms. The number of ketones is 1. The average Bonchev–Trinajstić information content (AvgIpc) is 2.87. The first kappa shape index (κ1) is 21.3. The van der Waals surface area contributed by atoms with Crippen LogP contribution in [0.1, 0.15) is 33.6 Å². The number of pyridine rings is 1. The fourth-order valence-electron chi connectivity index (χ4n) is 3.30. The van der Waals surface area contributed by atoms with Gasteiger partial charge in [-0.15, -0.1) is 0 Å². The molecule has 4 heteroatoms. The Hall–Kier alpha value is -3.92. The van der Waals surface area contributed by atoms with Crippen molar-refractivity contribution in [3.8, 4) is 11.5 Å². The van der Waals surface area contributed by atoms with Crippen molar-refractivity contribution >= 4 is 5.78 Å². The molecule has 0 atom stereocenters. The van der Waals surface area contributed by atoms with Crippen LogP contribution in [0.4, 0.5) is 0 Å². The van der Waals surface area contributed by atoms with Gasteiger partial charge >= 0.3 is 0 Å². The van der Waals surface area contributed by atoms with E-state index >= 15 is 0 Å². The lowest BCUT2D eigenvalue weighted by Crippen LogP contribution is -2.07. The number of aromatic nitrogens is 1. The molecule has 0 aliphatic heterocycles. The molecular formula is C28H25NO3. The summed E-state index contributed by atoms with van der Waals surface area (Å²) >= 11 is 0. The van der Waals surface area contributed by atoms with Crippen LogP contribution in [0.25, 0.3) is 0 Å². The van der Waals surface area contributed by atoms with Crippen molar-refractivity contribution in [1.82, 2.24) is 4.98 Å². The van der Waals surface area contributed by atoms with Gasteiger partial charge in [-0.05, 0) is 23.1 Å². The van der Waals surface area contributed by atoms with Crippen LogP contribution in [0.5, 0.6) is 11.5 Å². The Balaban J connectivity index is 1.49. The predicted molar refractivity (Wildman–Crippen MR) is 125 cm³/mol. The molecule has 3 aromatic carbocycles. The number of rotatable bonds is 10. The Morgan fingerprint density at radius 3 is 1.72 bits per heavy atom. The lowest BCUT2D eigenvalue weighted by atomic mass is 10.1. The predicted octanol–water partition coefficient (Wildman–Crippen LogP) is 6.06. The molecule has 0 saturated carbocycles. The highest BCUT2D eigenvalue weighted by molar-refractivity contribution is 5.94. The highest BCUT2D eigenvalue weighted by Gasteiger charge is 2.14. The molecule has 0 saturated heterocycles. The normalized spacial score (nSPS) is 10.5. The number of carbonyl (C=O) groups excluding carboxylic acids is 1. The Morgan fingerprint density at radius 2 is 1.16 bits per heavy atom. The Morgan fingerprint density at radius 1 is 0.656 bits per heavy atom. The zero-order chi connectivity index (χ0) is 22.0. The minimum absolute atomic E-state index is 0.0203. The molecule has 4 aromatic rings. The van der Waals surface area contributed by atoms with E-state index in [4.69, 9.17) is 9.47 Å². The lowest BCUT2D eigenvalue weighted by Gasteiger charge is -2.14. The molecule has 0 radical (unpaired) electrons. The summed E-state index contributed by atoms with van der Waals surface area (Å²) in [4.78, 5) is 17.1. The van der Waals surface area contributed by atoms with Gasteiger partial charge < -0.3 is 9.47 Å². The first-order valence-electron chi connectivity index (χ1n) is 10.7. The summed E-state index contributed by atoms with van der Waals surface area (Å²) in [5.41, 5.74) is 3.60. The van der Waals surface area contributed by atoms with Crippen LogP contribution >= 0.6 is 0 Å². The highest BCUT2D eigenvalue weighted by Crippen LogP contribution is 2.29. The molecule has 32 heavy (non-hydrogen) atoms. The number of hydrogen-bond acceptors (Lipinski definition) is 4. The van der Waals surface area contributed by atoms with E-state index in [1.807, 2.05) is 91.0 Å². The minimum Gasteiger partial charge on any atom is -0.485 e. The van der Waals surface area contributed by atoms with E-state index in [9.17, 15) is 4.79 Å². The molecule has 0 fully saturated rings. The molecule has 4 nitrogen and oxygen atoms in total. The van der Waals surface area contributed by atoms with Crippen molar-refractivity contribution in [3.05, 3.63) is 126 Å². The Bertz CT molecular complexity index is 1130. The van der Waals surface area contributed by atoms with Gasteiger partial charge in [-0.1, -0.05) is 91.0 Å². The molecule has 160 valence electrons. The number of benzene rings is 3. The van der Waals surface area contributed by atoms with Crippen molar-refractivity contribution in [1.29, 1.82) is 0 Å². The summed E-state index contributed by atoms with van der Waals surface area (Å²) in [5, 5.41) is 0. The maximum Gasteiger partial charge on any atom is 0.181 e. The van der Waals surface area contributed by atoms with Crippen molar-refractivity contribution < 1.29 is 14.3 Å². The molecule has 0 N–H and O–H groups in total. The molecular weight excluding hydrogens is 398 g/mol. The van der Waals surface area contributed by atoms with Gasteiger partial charge in [-0.3, -0.25) is 4.79 Å². The van der Waals surface area contributed by atoms with E-state index in [1.54, 1.807) is 12.3 Å². The number of carbonyl (C=O) groups is 1. The van der Waals surface area contributed by atoms with Crippen molar-refractivity contribution in [2.75, 3.05) is 0 Å². The maximum atomic E-state index is 12.8. The van der Waals surface area contributed by atoms with E-state index in [2.05, 4.69) is 4.98 Å². The third-order valence-electron chi connectivity index (χ3n) is 5.08. The van der Waals surface area contributed by atoms with Gasteiger partial charge in [-0.2, -0.15) is 0 Å². The second-order valence-corrected chi connectivity index (χ2v) is 7.47. The smallest absolute Gasteiger partial charge is 0.181 e. The van der Waals surface area contributed by atoms with Gasteiger partial charge in [0.15, 0.2) is 17.3 Å². The van der Waals surface area contributed by atoms with Crippen molar-refractivity contribution in [2.24, 2.45) is 0 Å². The molecule has 0 unspecified atom stereocenters. The standard InChI is InChI=1S/C28H25NO3/c30-26(17-16-22-10-4-1-5-11-22)25-18-27(31-20-23-12-6-2-7-13-23)28(19-29-25)32-21-24-14-8-3-9-15-24/h1-15,18-19H,16-17,20-21H2. The molecule has 0 bridgehead atoms. The summed E-state index contributed by atoms with van der Waals surface area (Å²) in [7, 11) is 0. The number of ether oxygens (including phenoxy) is 2. The molecule has 4 rings (SSSR count). The van der Waals surface area contributed by atoms with E-state index in [1.165, 1.54) is 0 Å². The van der Waals surface area contributed by atoms with Gasteiger partial charge in [0.05, 0.1) is 6.20 Å². The number of hydrogen-bond donors (Lipinski definition) is 0. The second kappa shape index (κ2) is 10.9. The van der Waals surface area contributed by atoms with Gasteiger partial charge in [0.1, 0.15) is 18.9 Å². The van der Waals surface area contributed by atoms with Crippen LogP contribution < -0.4 is 9.47 Å². The summed E-state index contributed by atoms with van der Waals surface area (Å²) in [5.74, 6) is 1.01. The van der Waals surface area contributed by atoms with Crippen LogP contribution in [0, 0.1) is 0 Å². The monoisotopic (exact) mass is 423 g/mol. The topological polar surface area (TPSA) is 48.4 Å². The summed E-state index contributed by atoms with van der Waals surface area (Å²) in [6, 6.07) is 31.5. The molecule has 1 heterocycles. The lowest BCUT2D eigenvalue weighted by molar-refractivity contribution is 0.0977. The Kier molecular flexibility index (Phi) is 7.27.